The SMILES string of the molecule is COc1c(C2CC2)c(C(=O)O)nn1C. The first-order valence-corrected chi connectivity index (χ1v) is 4.49. The maximum atomic E-state index is 10.9. The molecule has 0 spiro atoms. The van der Waals surface area contributed by atoms with E-state index in [1.807, 2.05) is 0 Å². The van der Waals surface area contributed by atoms with Crippen LogP contribution < -0.4 is 4.74 Å². The van der Waals surface area contributed by atoms with Crippen molar-refractivity contribution in [1.82, 2.24) is 9.78 Å². The highest BCUT2D eigenvalue weighted by Gasteiger charge is 2.35. The molecule has 2 rings (SSSR count). The van der Waals surface area contributed by atoms with Crippen molar-refractivity contribution in [3.63, 3.8) is 0 Å². The highest BCUT2D eigenvalue weighted by atomic mass is 16.5. The third kappa shape index (κ3) is 1.25. The van der Waals surface area contributed by atoms with Gasteiger partial charge in [0.25, 0.3) is 0 Å². The molecule has 5 nitrogen and oxygen atoms in total. The van der Waals surface area contributed by atoms with Crippen molar-refractivity contribution in [2.75, 3.05) is 7.11 Å². The number of nitrogens with zero attached hydrogens (tertiary/aromatic N) is 2. The van der Waals surface area contributed by atoms with Gasteiger partial charge in [-0.15, -0.1) is 0 Å². The van der Waals surface area contributed by atoms with Gasteiger partial charge in [0.1, 0.15) is 0 Å². The van der Waals surface area contributed by atoms with Crippen LogP contribution in [0.2, 0.25) is 0 Å². The molecule has 1 aliphatic carbocycles. The highest BCUT2D eigenvalue weighted by Crippen LogP contribution is 2.45. The van der Waals surface area contributed by atoms with Crippen LogP contribution in [0.4, 0.5) is 0 Å². The summed E-state index contributed by atoms with van der Waals surface area (Å²) >= 11 is 0. The van der Waals surface area contributed by atoms with Crippen molar-refractivity contribution >= 4 is 5.97 Å². The van der Waals surface area contributed by atoms with Crippen LogP contribution in [0.25, 0.3) is 0 Å². The van der Waals surface area contributed by atoms with E-state index >= 15 is 0 Å². The number of carboxylic acids is 1. The van der Waals surface area contributed by atoms with Crippen LogP contribution in [-0.2, 0) is 7.05 Å². The van der Waals surface area contributed by atoms with Crippen LogP contribution in [0.3, 0.4) is 0 Å². The van der Waals surface area contributed by atoms with Crippen molar-refractivity contribution in [3.8, 4) is 5.88 Å². The van der Waals surface area contributed by atoms with E-state index in [0.29, 0.717) is 11.8 Å². The van der Waals surface area contributed by atoms with Gasteiger partial charge in [-0.05, 0) is 18.8 Å². The normalized spacial score (nSPS) is 15.6. The van der Waals surface area contributed by atoms with E-state index < -0.39 is 5.97 Å². The molecule has 0 saturated heterocycles. The average Bonchev–Trinajstić information content (AvgIpc) is 2.89. The summed E-state index contributed by atoms with van der Waals surface area (Å²) in [5, 5.41) is 12.9. The average molecular weight is 196 g/mol. The molecule has 0 aromatic carbocycles. The predicted octanol–water partition coefficient (Wildman–Crippen LogP) is 1.00. The zero-order chi connectivity index (χ0) is 10.3. The highest BCUT2D eigenvalue weighted by molar-refractivity contribution is 5.88. The standard InChI is InChI=1S/C9H12N2O3/c1-11-8(14-2)6(5-3-4-5)7(10-11)9(12)13/h5H,3-4H2,1-2H3,(H,12,13). The van der Waals surface area contributed by atoms with Crippen LogP contribution in [0.1, 0.15) is 34.8 Å². The number of carbonyl (C=O) groups is 1. The van der Waals surface area contributed by atoms with Crippen LogP contribution in [0, 0.1) is 0 Å². The Kier molecular flexibility index (Phi) is 1.94. The maximum absolute atomic E-state index is 10.9. The number of rotatable bonds is 3. The van der Waals surface area contributed by atoms with Gasteiger partial charge < -0.3 is 9.84 Å². The van der Waals surface area contributed by atoms with Crippen LogP contribution in [0.5, 0.6) is 5.88 Å². The van der Waals surface area contributed by atoms with E-state index in [-0.39, 0.29) is 5.69 Å². The molecule has 14 heavy (non-hydrogen) atoms. The van der Waals surface area contributed by atoms with Crippen molar-refractivity contribution in [1.29, 1.82) is 0 Å². The predicted molar refractivity (Wildman–Crippen MR) is 48.7 cm³/mol. The van der Waals surface area contributed by atoms with E-state index in [1.165, 1.54) is 11.8 Å². The molecule has 0 radical (unpaired) electrons. The Morgan fingerprint density at radius 1 is 1.64 bits per heavy atom. The molecule has 76 valence electrons. The molecule has 1 aromatic rings. The van der Waals surface area contributed by atoms with Crippen LogP contribution in [-0.4, -0.2) is 28.0 Å². The van der Waals surface area contributed by atoms with Gasteiger partial charge in [-0.2, -0.15) is 5.10 Å². The van der Waals surface area contributed by atoms with Gasteiger partial charge >= 0.3 is 5.97 Å². The maximum Gasteiger partial charge on any atom is 0.356 e. The Morgan fingerprint density at radius 2 is 2.29 bits per heavy atom. The van der Waals surface area contributed by atoms with Crippen molar-refractivity contribution in [3.05, 3.63) is 11.3 Å². The minimum atomic E-state index is -0.981. The molecule has 0 bridgehead atoms. The van der Waals surface area contributed by atoms with Gasteiger partial charge in [0.2, 0.25) is 5.88 Å². The van der Waals surface area contributed by atoms with E-state index in [4.69, 9.17) is 9.84 Å². The number of hydrogen-bond donors (Lipinski definition) is 1. The zero-order valence-electron chi connectivity index (χ0n) is 8.15. The number of methoxy groups -OCH3 is 1. The summed E-state index contributed by atoms with van der Waals surface area (Å²) < 4.78 is 6.63. The number of hydrogen-bond acceptors (Lipinski definition) is 3. The monoisotopic (exact) mass is 196 g/mol. The summed E-state index contributed by atoms with van der Waals surface area (Å²) in [5.74, 6) is -0.0829. The van der Waals surface area contributed by atoms with Gasteiger partial charge in [0.15, 0.2) is 5.69 Å². The number of carboxylic acid groups (broad SMARTS) is 1. The Bertz CT molecular complexity index is 380. The summed E-state index contributed by atoms with van der Waals surface area (Å²) in [5.41, 5.74) is 0.884. The lowest BCUT2D eigenvalue weighted by atomic mass is 10.1. The Hall–Kier alpha value is -1.52. The summed E-state index contributed by atoms with van der Waals surface area (Å²) in [6.07, 6.45) is 2.06. The fourth-order valence-electron chi connectivity index (χ4n) is 1.66. The second-order valence-electron chi connectivity index (χ2n) is 3.47. The van der Waals surface area contributed by atoms with E-state index in [9.17, 15) is 4.79 Å². The molecule has 1 fully saturated rings. The minimum absolute atomic E-state index is 0.131. The van der Waals surface area contributed by atoms with Crippen LogP contribution >= 0.6 is 0 Å². The molecule has 1 aliphatic rings. The summed E-state index contributed by atoms with van der Waals surface area (Å²) in [6, 6.07) is 0. The quantitative estimate of drug-likeness (QED) is 0.783. The number of aryl methyl sites for hydroxylation is 1. The Labute approximate surface area is 81.3 Å². The lowest BCUT2D eigenvalue weighted by Crippen LogP contribution is -2.01. The largest absolute Gasteiger partial charge is 0.481 e. The number of aromatic nitrogens is 2. The van der Waals surface area contributed by atoms with E-state index in [2.05, 4.69) is 5.10 Å². The summed E-state index contributed by atoms with van der Waals surface area (Å²) in [7, 11) is 3.23. The third-order valence-electron chi connectivity index (χ3n) is 2.41. The number of ether oxygens (including phenoxy) is 1. The second-order valence-corrected chi connectivity index (χ2v) is 3.47. The first-order valence-electron chi connectivity index (χ1n) is 4.49. The molecule has 0 aliphatic heterocycles. The molecule has 1 aromatic heterocycles. The second kappa shape index (κ2) is 3.01. The Morgan fingerprint density at radius 3 is 2.71 bits per heavy atom. The van der Waals surface area contributed by atoms with Gasteiger partial charge in [-0.1, -0.05) is 0 Å². The molecule has 0 atom stereocenters. The van der Waals surface area contributed by atoms with Gasteiger partial charge in [-0.25, -0.2) is 9.48 Å². The lowest BCUT2D eigenvalue weighted by molar-refractivity contribution is 0.0688. The van der Waals surface area contributed by atoms with Crippen molar-refractivity contribution in [2.24, 2.45) is 7.05 Å². The van der Waals surface area contributed by atoms with Crippen molar-refractivity contribution < 1.29 is 14.6 Å². The number of aromatic carboxylic acids is 1. The van der Waals surface area contributed by atoms with E-state index in [1.54, 1.807) is 7.05 Å². The van der Waals surface area contributed by atoms with Gasteiger partial charge in [0, 0.05) is 7.05 Å². The van der Waals surface area contributed by atoms with Gasteiger partial charge in [-0.3, -0.25) is 0 Å². The molecule has 1 heterocycles. The van der Waals surface area contributed by atoms with Gasteiger partial charge in [0.05, 0.1) is 12.7 Å². The fourth-order valence-corrected chi connectivity index (χ4v) is 1.66. The molecule has 5 heteroatoms. The summed E-state index contributed by atoms with van der Waals surface area (Å²) in [4.78, 5) is 10.9. The molecular formula is C9H12N2O3. The Balaban J connectivity index is 2.53. The first kappa shape index (κ1) is 9.05. The minimum Gasteiger partial charge on any atom is -0.481 e. The summed E-state index contributed by atoms with van der Waals surface area (Å²) in [6.45, 7) is 0. The zero-order valence-corrected chi connectivity index (χ0v) is 8.15. The molecule has 1 N–H and O–H groups in total. The first-order chi connectivity index (χ1) is 6.65. The van der Waals surface area contributed by atoms with E-state index in [0.717, 1.165) is 18.4 Å². The molecule has 1 saturated carbocycles. The topological polar surface area (TPSA) is 64.3 Å². The smallest absolute Gasteiger partial charge is 0.356 e. The molecule has 0 amide bonds. The van der Waals surface area contributed by atoms with Crippen LogP contribution in [0.15, 0.2) is 0 Å². The lowest BCUT2D eigenvalue weighted by Gasteiger charge is -2.02. The molecular weight excluding hydrogens is 184 g/mol. The third-order valence-corrected chi connectivity index (χ3v) is 2.41. The fraction of sp³-hybridized carbons (Fsp3) is 0.556. The molecule has 0 unspecified atom stereocenters. The van der Waals surface area contributed by atoms with Crippen molar-refractivity contribution in [2.45, 2.75) is 18.8 Å².